The molecule has 0 radical (unpaired) electrons. The Morgan fingerprint density at radius 3 is 2.17 bits per heavy atom. The van der Waals surface area contributed by atoms with E-state index in [0.29, 0.717) is 16.3 Å². The van der Waals surface area contributed by atoms with Crippen molar-refractivity contribution in [3.8, 4) is 0 Å². The summed E-state index contributed by atoms with van der Waals surface area (Å²) in [5.74, 6) is -0.791. The van der Waals surface area contributed by atoms with Gasteiger partial charge < -0.3 is 10.2 Å². The zero-order valence-electron chi connectivity index (χ0n) is 26.3. The number of rotatable bonds is 12. The smallest absolute Gasteiger partial charge is 0.264 e. The lowest BCUT2D eigenvalue weighted by molar-refractivity contribution is -0.140. The first-order chi connectivity index (χ1) is 22.6. The van der Waals surface area contributed by atoms with Gasteiger partial charge >= 0.3 is 0 Å². The SMILES string of the molecule is Cc1ccc(S(=O)(=O)N(CC(=O)N(Cc2ccccc2Cl)C(Cc2ccccc2)C(=O)NC2CCCCC2)c2ccc(Br)cc2)cc1. The molecule has 0 heterocycles. The van der Waals surface area contributed by atoms with Crippen molar-refractivity contribution in [3.63, 3.8) is 0 Å². The highest BCUT2D eigenvalue weighted by Crippen LogP contribution is 2.28. The summed E-state index contributed by atoms with van der Waals surface area (Å²) in [6.45, 7) is 1.38. The molecule has 1 fully saturated rings. The highest BCUT2D eigenvalue weighted by molar-refractivity contribution is 9.10. The summed E-state index contributed by atoms with van der Waals surface area (Å²) in [6, 6.07) is 29.1. The van der Waals surface area contributed by atoms with Crippen molar-refractivity contribution in [2.24, 2.45) is 0 Å². The molecule has 47 heavy (non-hydrogen) atoms. The lowest BCUT2D eigenvalue weighted by atomic mass is 9.94. The summed E-state index contributed by atoms with van der Waals surface area (Å²) in [5.41, 5.74) is 2.77. The molecule has 1 saturated carbocycles. The lowest BCUT2D eigenvalue weighted by Gasteiger charge is -2.35. The summed E-state index contributed by atoms with van der Waals surface area (Å²) < 4.78 is 30.3. The number of halogens is 2. The molecule has 0 aliphatic heterocycles. The molecule has 4 aromatic carbocycles. The monoisotopic (exact) mass is 735 g/mol. The van der Waals surface area contributed by atoms with Gasteiger partial charge in [-0.25, -0.2) is 8.42 Å². The highest BCUT2D eigenvalue weighted by atomic mass is 79.9. The van der Waals surface area contributed by atoms with Crippen LogP contribution in [0.1, 0.15) is 48.8 Å². The summed E-state index contributed by atoms with van der Waals surface area (Å²) >= 11 is 10.0. The molecule has 0 saturated heterocycles. The first-order valence-corrected chi connectivity index (χ1v) is 18.4. The quantitative estimate of drug-likeness (QED) is 0.162. The van der Waals surface area contributed by atoms with Crippen LogP contribution in [0.4, 0.5) is 5.69 Å². The zero-order valence-corrected chi connectivity index (χ0v) is 29.5. The van der Waals surface area contributed by atoms with Crippen LogP contribution in [0, 0.1) is 6.92 Å². The first kappa shape index (κ1) is 34.7. The third-order valence-corrected chi connectivity index (χ3v) is 11.2. The van der Waals surface area contributed by atoms with Gasteiger partial charge in [0.2, 0.25) is 11.8 Å². The molecule has 2 amide bonds. The second kappa shape index (κ2) is 16.0. The summed E-state index contributed by atoms with van der Waals surface area (Å²) in [4.78, 5) is 30.4. The Hall–Kier alpha value is -3.66. The van der Waals surface area contributed by atoms with Crippen molar-refractivity contribution in [2.45, 2.75) is 69.0 Å². The summed E-state index contributed by atoms with van der Waals surface area (Å²) in [6.07, 6.45) is 5.23. The van der Waals surface area contributed by atoms with E-state index >= 15 is 0 Å². The van der Waals surface area contributed by atoms with Gasteiger partial charge in [0, 0.05) is 28.5 Å². The second-order valence-corrected chi connectivity index (χ2v) is 15.1. The molecule has 1 N–H and O–H groups in total. The molecular weight excluding hydrogens is 698 g/mol. The number of aryl methyl sites for hydroxylation is 1. The third-order valence-electron chi connectivity index (χ3n) is 8.52. The van der Waals surface area contributed by atoms with Crippen LogP contribution in [0.3, 0.4) is 0 Å². The molecular formula is C37H39BrClN3O4S. The van der Waals surface area contributed by atoms with Gasteiger partial charge in [0.25, 0.3) is 10.0 Å². The average molecular weight is 737 g/mol. The minimum absolute atomic E-state index is 0.0207. The van der Waals surface area contributed by atoms with E-state index in [1.54, 1.807) is 60.7 Å². The number of carbonyl (C=O) groups is 2. The van der Waals surface area contributed by atoms with E-state index in [9.17, 15) is 18.0 Å². The molecule has 1 aliphatic carbocycles. The second-order valence-electron chi connectivity index (χ2n) is 12.0. The Morgan fingerprint density at radius 2 is 1.51 bits per heavy atom. The fourth-order valence-electron chi connectivity index (χ4n) is 5.88. The van der Waals surface area contributed by atoms with Gasteiger partial charge in [-0.15, -0.1) is 0 Å². The fraction of sp³-hybridized carbons (Fsp3) is 0.297. The Morgan fingerprint density at radius 1 is 0.872 bits per heavy atom. The number of hydrogen-bond acceptors (Lipinski definition) is 4. The van der Waals surface area contributed by atoms with Crippen LogP contribution in [-0.4, -0.2) is 43.8 Å². The lowest BCUT2D eigenvalue weighted by Crippen LogP contribution is -2.55. The van der Waals surface area contributed by atoms with Crippen molar-refractivity contribution >= 4 is 55.1 Å². The number of hydrogen-bond donors (Lipinski definition) is 1. The van der Waals surface area contributed by atoms with E-state index in [1.165, 1.54) is 4.90 Å². The maximum Gasteiger partial charge on any atom is 0.264 e. The Kier molecular flexibility index (Phi) is 11.8. The maximum absolute atomic E-state index is 14.7. The minimum atomic E-state index is -4.18. The molecule has 5 rings (SSSR count). The average Bonchev–Trinajstić information content (AvgIpc) is 3.07. The van der Waals surface area contributed by atoms with Crippen LogP contribution in [0.15, 0.2) is 112 Å². The summed E-state index contributed by atoms with van der Waals surface area (Å²) in [7, 11) is -4.18. The Balaban J connectivity index is 1.56. The molecule has 0 spiro atoms. The van der Waals surface area contributed by atoms with Crippen LogP contribution in [0.2, 0.25) is 5.02 Å². The Bertz CT molecular complexity index is 1760. The van der Waals surface area contributed by atoms with Gasteiger partial charge in [-0.1, -0.05) is 113 Å². The highest BCUT2D eigenvalue weighted by Gasteiger charge is 2.35. The van der Waals surface area contributed by atoms with Gasteiger partial charge in [0.1, 0.15) is 12.6 Å². The minimum Gasteiger partial charge on any atom is -0.352 e. The number of nitrogens with zero attached hydrogens (tertiary/aromatic N) is 2. The van der Waals surface area contributed by atoms with Gasteiger partial charge in [0.05, 0.1) is 10.6 Å². The number of amides is 2. The number of anilines is 1. The number of nitrogens with one attached hydrogen (secondary N) is 1. The largest absolute Gasteiger partial charge is 0.352 e. The molecule has 4 aromatic rings. The van der Waals surface area contributed by atoms with E-state index in [4.69, 9.17) is 11.6 Å². The van der Waals surface area contributed by atoms with Gasteiger partial charge in [-0.05, 0) is 73.4 Å². The Labute approximate surface area is 291 Å². The fourth-order valence-corrected chi connectivity index (χ4v) is 7.76. The number of benzene rings is 4. The molecule has 7 nitrogen and oxygen atoms in total. The van der Waals surface area contributed by atoms with Crippen LogP contribution in [-0.2, 0) is 32.6 Å². The van der Waals surface area contributed by atoms with Crippen LogP contribution < -0.4 is 9.62 Å². The van der Waals surface area contributed by atoms with Crippen molar-refractivity contribution in [2.75, 3.05) is 10.8 Å². The van der Waals surface area contributed by atoms with E-state index in [1.807, 2.05) is 49.4 Å². The predicted octanol–water partition coefficient (Wildman–Crippen LogP) is 7.70. The van der Waals surface area contributed by atoms with Crippen molar-refractivity contribution in [3.05, 3.63) is 129 Å². The maximum atomic E-state index is 14.7. The number of carbonyl (C=O) groups excluding carboxylic acids is 2. The van der Waals surface area contributed by atoms with Gasteiger partial charge in [-0.3, -0.25) is 13.9 Å². The molecule has 1 atom stereocenters. The van der Waals surface area contributed by atoms with Crippen LogP contribution in [0.25, 0.3) is 0 Å². The molecule has 0 aromatic heterocycles. The van der Waals surface area contributed by atoms with E-state index < -0.39 is 28.5 Å². The molecule has 1 aliphatic rings. The van der Waals surface area contributed by atoms with Crippen LogP contribution in [0.5, 0.6) is 0 Å². The van der Waals surface area contributed by atoms with Crippen LogP contribution >= 0.6 is 27.5 Å². The van der Waals surface area contributed by atoms with Crippen molar-refractivity contribution < 1.29 is 18.0 Å². The molecule has 1 unspecified atom stereocenters. The number of sulfonamides is 1. The van der Waals surface area contributed by atoms with Gasteiger partial charge in [-0.2, -0.15) is 0 Å². The topological polar surface area (TPSA) is 86.8 Å². The molecule has 0 bridgehead atoms. The molecule has 10 heteroatoms. The summed E-state index contributed by atoms with van der Waals surface area (Å²) in [5, 5.41) is 3.68. The van der Waals surface area contributed by atoms with Gasteiger partial charge in [0.15, 0.2) is 0 Å². The van der Waals surface area contributed by atoms with E-state index in [0.717, 1.165) is 52.0 Å². The normalized spacial score (nSPS) is 14.3. The third kappa shape index (κ3) is 9.03. The predicted molar refractivity (Wildman–Crippen MR) is 191 cm³/mol. The van der Waals surface area contributed by atoms with E-state index in [-0.39, 0.29) is 29.8 Å². The van der Waals surface area contributed by atoms with Crippen molar-refractivity contribution in [1.29, 1.82) is 0 Å². The van der Waals surface area contributed by atoms with Crippen molar-refractivity contribution in [1.82, 2.24) is 10.2 Å². The zero-order chi connectivity index (χ0) is 33.4. The standard InChI is InChI=1S/C37H39BrClN3O4S/c1-27-16-22-33(23-17-27)47(45,46)42(32-20-18-30(38)19-21-32)26-36(43)41(25-29-12-8-9-15-34(29)39)35(24-28-10-4-2-5-11-28)37(44)40-31-13-6-3-7-14-31/h2,4-5,8-12,15-23,31,35H,3,6-7,13-14,24-26H2,1H3,(H,40,44). The van der Waals surface area contributed by atoms with E-state index in [2.05, 4.69) is 21.2 Å². The first-order valence-electron chi connectivity index (χ1n) is 15.8. The molecule has 246 valence electrons.